The molecule has 2 heterocycles. The van der Waals surface area contributed by atoms with Gasteiger partial charge in [-0.25, -0.2) is 9.44 Å². The number of aliphatic hydroxyl groups is 4. The van der Waals surface area contributed by atoms with Gasteiger partial charge in [-0.1, -0.05) is 0 Å². The maximum Gasteiger partial charge on any atom is 0.397 e. The molecule has 2 rings (SSSR count). The lowest BCUT2D eigenvalue weighted by atomic mass is 10.1. The highest BCUT2D eigenvalue weighted by Crippen LogP contribution is 2.33. The van der Waals surface area contributed by atoms with Gasteiger partial charge in [-0.05, 0) is 6.79 Å². The quantitative estimate of drug-likeness (QED) is 0.0704. The fourth-order valence-electron chi connectivity index (χ4n) is 3.05. The number of ether oxygens (including phenoxy) is 4. The molecule has 0 radical (unpaired) electrons. The molecule has 0 aromatic carbocycles. The summed E-state index contributed by atoms with van der Waals surface area (Å²) in [5, 5.41) is 56.6. The highest BCUT2D eigenvalue weighted by molar-refractivity contribution is 7.87. The molecule has 0 spiro atoms. The van der Waals surface area contributed by atoms with Crippen molar-refractivity contribution in [1.82, 2.24) is 0 Å². The minimum atomic E-state index is -5.10. The van der Waals surface area contributed by atoms with E-state index in [1.54, 1.807) is 0 Å². The SMILES string of the molecule is O=S(=O)(O)OCC1OC(CO)C(O)C1OC1OC(OC[O-])C(O)C(O)C1S(=O)(=O)OO. The molecule has 2 saturated heterocycles. The molecule has 9 unspecified atom stereocenters. The maximum atomic E-state index is 12.0. The Hall–Kier alpha value is -0.620. The standard InChI is InChI=1S/C12H21O17S2/c13-1-4-6(15)9(5(26-4)2-25-31(21,22)23)27-12-10(30(19,20)29-18)7(16)8(17)11(28-12)24-3-14/h4-13,15-18H,1-3H2,(H,21,22,23)/q-1. The number of rotatable bonds is 10. The Balaban J connectivity index is 2.33. The van der Waals surface area contributed by atoms with Gasteiger partial charge in [0.15, 0.2) is 17.8 Å². The average molecular weight is 501 g/mol. The first-order valence-electron chi connectivity index (χ1n) is 8.36. The maximum absolute atomic E-state index is 12.0. The van der Waals surface area contributed by atoms with Crippen LogP contribution in [-0.4, -0.2) is 122 Å². The molecule has 0 aliphatic carbocycles. The van der Waals surface area contributed by atoms with E-state index in [0.717, 1.165) is 0 Å². The summed E-state index contributed by atoms with van der Waals surface area (Å²) in [6.07, 6.45) is -14.9. The van der Waals surface area contributed by atoms with Crippen molar-refractivity contribution in [2.45, 2.75) is 54.5 Å². The van der Waals surface area contributed by atoms with E-state index in [-0.39, 0.29) is 0 Å². The minimum absolute atomic E-state index is 0.806. The van der Waals surface area contributed by atoms with E-state index in [2.05, 4.69) is 13.3 Å². The van der Waals surface area contributed by atoms with Crippen LogP contribution in [0.3, 0.4) is 0 Å². The lowest BCUT2D eigenvalue weighted by molar-refractivity contribution is -0.465. The third-order valence-electron chi connectivity index (χ3n) is 4.46. The van der Waals surface area contributed by atoms with Crippen LogP contribution in [0.25, 0.3) is 0 Å². The summed E-state index contributed by atoms with van der Waals surface area (Å²) in [7, 11) is -10.1. The smallest absolute Gasteiger partial charge is 0.397 e. The normalized spacial score (nSPS) is 39.6. The van der Waals surface area contributed by atoms with Crippen LogP contribution in [0.1, 0.15) is 0 Å². The second kappa shape index (κ2) is 10.5. The van der Waals surface area contributed by atoms with E-state index >= 15 is 0 Å². The van der Waals surface area contributed by atoms with Gasteiger partial charge >= 0.3 is 20.5 Å². The van der Waals surface area contributed by atoms with E-state index in [1.807, 2.05) is 0 Å². The number of hydrogen-bond acceptors (Lipinski definition) is 16. The fourth-order valence-corrected chi connectivity index (χ4v) is 4.36. The van der Waals surface area contributed by atoms with Crippen molar-refractivity contribution in [1.29, 1.82) is 0 Å². The third kappa shape index (κ3) is 6.25. The lowest BCUT2D eigenvalue weighted by Crippen LogP contribution is -2.63. The van der Waals surface area contributed by atoms with Gasteiger partial charge < -0.3 is 44.5 Å². The van der Waals surface area contributed by atoms with E-state index in [4.69, 9.17) is 24.0 Å². The molecular weight excluding hydrogens is 480 g/mol. The highest BCUT2D eigenvalue weighted by atomic mass is 32.3. The molecule has 0 aromatic rings. The first kappa shape index (κ1) is 26.6. The van der Waals surface area contributed by atoms with Crippen LogP contribution < -0.4 is 5.11 Å². The highest BCUT2D eigenvalue weighted by Gasteiger charge is 2.55. The zero-order chi connectivity index (χ0) is 23.6. The first-order valence-corrected chi connectivity index (χ1v) is 11.2. The molecule has 2 aliphatic heterocycles. The first-order chi connectivity index (χ1) is 14.4. The topological polar surface area (TPSA) is 268 Å². The molecule has 0 saturated carbocycles. The second-order valence-corrected chi connectivity index (χ2v) is 9.14. The van der Waals surface area contributed by atoms with Gasteiger partial charge in [0.05, 0.1) is 13.2 Å². The van der Waals surface area contributed by atoms with Crippen LogP contribution >= 0.6 is 0 Å². The molecule has 9 atom stereocenters. The second-order valence-electron chi connectivity index (χ2n) is 6.37. The predicted molar refractivity (Wildman–Crippen MR) is 87.2 cm³/mol. The molecule has 0 amide bonds. The van der Waals surface area contributed by atoms with Crippen LogP contribution in [0.5, 0.6) is 0 Å². The summed E-state index contributed by atoms with van der Waals surface area (Å²) in [5.41, 5.74) is 0. The van der Waals surface area contributed by atoms with Crippen LogP contribution in [0.4, 0.5) is 0 Å². The van der Waals surface area contributed by atoms with Crippen LogP contribution in [0.2, 0.25) is 0 Å². The Bertz CT molecular complexity index is 785. The van der Waals surface area contributed by atoms with Crippen LogP contribution in [0, 0.1) is 0 Å². The van der Waals surface area contributed by atoms with Gasteiger partial charge in [0.25, 0.3) is 0 Å². The Morgan fingerprint density at radius 1 is 0.935 bits per heavy atom. The van der Waals surface area contributed by atoms with Crippen molar-refractivity contribution in [2.75, 3.05) is 20.0 Å². The molecule has 184 valence electrons. The van der Waals surface area contributed by atoms with Gasteiger partial charge in [0.2, 0.25) is 0 Å². The summed E-state index contributed by atoms with van der Waals surface area (Å²) in [6.45, 7) is -3.06. The summed E-state index contributed by atoms with van der Waals surface area (Å²) >= 11 is 0. The van der Waals surface area contributed by atoms with Crippen LogP contribution in [0.15, 0.2) is 0 Å². The number of aliphatic hydroxyl groups excluding tert-OH is 4. The summed E-state index contributed by atoms with van der Waals surface area (Å²) < 4.78 is 81.8. The Kier molecular flexibility index (Phi) is 9.06. The van der Waals surface area contributed by atoms with Crippen molar-refractivity contribution in [3.8, 4) is 0 Å². The van der Waals surface area contributed by atoms with E-state index in [1.165, 1.54) is 0 Å². The van der Waals surface area contributed by atoms with Gasteiger partial charge in [0.1, 0.15) is 36.6 Å². The molecule has 6 N–H and O–H groups in total. The van der Waals surface area contributed by atoms with Crippen molar-refractivity contribution in [3.05, 3.63) is 0 Å². The monoisotopic (exact) mass is 501 g/mol. The molecule has 19 heteroatoms. The van der Waals surface area contributed by atoms with Gasteiger partial charge in [-0.15, -0.1) is 4.33 Å². The molecule has 0 bridgehead atoms. The molecule has 17 nitrogen and oxygen atoms in total. The molecule has 2 aliphatic rings. The third-order valence-corrected chi connectivity index (χ3v) is 6.27. The van der Waals surface area contributed by atoms with E-state index < -0.39 is 95.0 Å². The predicted octanol–water partition coefficient (Wildman–Crippen LogP) is -5.76. The van der Waals surface area contributed by atoms with E-state index in [0.29, 0.717) is 0 Å². The molecule has 2 fully saturated rings. The fraction of sp³-hybridized carbons (Fsp3) is 1.00. The van der Waals surface area contributed by atoms with Crippen molar-refractivity contribution in [3.63, 3.8) is 0 Å². The Morgan fingerprint density at radius 3 is 2.10 bits per heavy atom. The van der Waals surface area contributed by atoms with E-state index in [9.17, 15) is 42.4 Å². The zero-order valence-electron chi connectivity index (χ0n) is 15.3. The Morgan fingerprint density at radius 2 is 1.58 bits per heavy atom. The van der Waals surface area contributed by atoms with Gasteiger partial charge in [0, 0.05) is 0 Å². The summed E-state index contributed by atoms with van der Waals surface area (Å²) in [5.74, 6) is 0. The number of hydrogen-bond donors (Lipinski definition) is 6. The minimum Gasteiger partial charge on any atom is -0.834 e. The van der Waals surface area contributed by atoms with Gasteiger partial charge in [-0.2, -0.15) is 16.8 Å². The summed E-state index contributed by atoms with van der Waals surface area (Å²) in [6, 6.07) is 0. The largest absolute Gasteiger partial charge is 0.834 e. The zero-order valence-corrected chi connectivity index (χ0v) is 16.9. The van der Waals surface area contributed by atoms with Crippen molar-refractivity contribution < 1.29 is 79.6 Å². The van der Waals surface area contributed by atoms with Gasteiger partial charge in [-0.3, -0.25) is 4.55 Å². The van der Waals surface area contributed by atoms with Crippen molar-refractivity contribution >= 4 is 20.5 Å². The Labute approximate surface area is 175 Å². The lowest BCUT2D eigenvalue weighted by Gasteiger charge is -2.42. The average Bonchev–Trinajstić information content (AvgIpc) is 2.98. The summed E-state index contributed by atoms with van der Waals surface area (Å²) in [4.78, 5) is 0. The van der Waals surface area contributed by atoms with Crippen LogP contribution in [-0.2, 0) is 48.0 Å². The molecule has 0 aromatic heterocycles. The molecule has 31 heavy (non-hydrogen) atoms. The molecular formula is C12H21O17S2-. The van der Waals surface area contributed by atoms with Crippen molar-refractivity contribution in [2.24, 2.45) is 0 Å².